The molecule has 2 aliphatic rings. The highest BCUT2D eigenvalue weighted by Crippen LogP contribution is 2.37. The summed E-state index contributed by atoms with van der Waals surface area (Å²) < 4.78 is 5.35. The van der Waals surface area contributed by atoms with Crippen molar-refractivity contribution in [2.75, 3.05) is 19.6 Å². The van der Waals surface area contributed by atoms with E-state index in [4.69, 9.17) is 4.74 Å². The van der Waals surface area contributed by atoms with Crippen molar-refractivity contribution in [3.63, 3.8) is 0 Å². The summed E-state index contributed by atoms with van der Waals surface area (Å²) in [6.45, 7) is 9.42. The largest absolute Gasteiger partial charge is 0.481 e. The lowest BCUT2D eigenvalue weighted by Gasteiger charge is -2.55. The van der Waals surface area contributed by atoms with Gasteiger partial charge in [-0.05, 0) is 47.1 Å². The molecule has 6 nitrogen and oxygen atoms in total. The van der Waals surface area contributed by atoms with E-state index in [1.165, 1.54) is 0 Å². The molecule has 0 aromatic heterocycles. The third-order valence-corrected chi connectivity index (χ3v) is 4.26. The molecule has 1 atom stereocenters. The van der Waals surface area contributed by atoms with Gasteiger partial charge in [-0.15, -0.1) is 0 Å². The lowest BCUT2D eigenvalue weighted by Crippen LogP contribution is -2.72. The molecule has 21 heavy (non-hydrogen) atoms. The first-order chi connectivity index (χ1) is 9.63. The van der Waals surface area contributed by atoms with E-state index in [1.54, 1.807) is 4.90 Å². The molecule has 1 unspecified atom stereocenters. The van der Waals surface area contributed by atoms with Crippen molar-refractivity contribution in [2.24, 2.45) is 0 Å². The fraction of sp³-hybridized carbons (Fsp3) is 0.867. The van der Waals surface area contributed by atoms with E-state index in [2.05, 4.69) is 11.8 Å². The van der Waals surface area contributed by atoms with E-state index in [1.807, 2.05) is 20.8 Å². The number of amides is 1. The summed E-state index contributed by atoms with van der Waals surface area (Å²) in [6.07, 6.45) is 1.91. The van der Waals surface area contributed by atoms with Crippen LogP contribution < -0.4 is 0 Å². The molecule has 1 N–H and O–H groups in total. The van der Waals surface area contributed by atoms with Crippen LogP contribution >= 0.6 is 0 Å². The van der Waals surface area contributed by atoms with Gasteiger partial charge in [-0.3, -0.25) is 9.69 Å². The van der Waals surface area contributed by atoms with Gasteiger partial charge in [-0.25, -0.2) is 4.79 Å². The van der Waals surface area contributed by atoms with E-state index >= 15 is 0 Å². The monoisotopic (exact) mass is 298 g/mol. The van der Waals surface area contributed by atoms with E-state index < -0.39 is 17.1 Å². The predicted molar refractivity (Wildman–Crippen MR) is 78.2 cm³/mol. The molecule has 2 heterocycles. The third-order valence-electron chi connectivity index (χ3n) is 4.26. The Morgan fingerprint density at radius 3 is 2.38 bits per heavy atom. The summed E-state index contributed by atoms with van der Waals surface area (Å²) in [5, 5.41) is 9.21. The first-order valence-electron chi connectivity index (χ1n) is 7.59. The maximum Gasteiger partial charge on any atom is 0.410 e. The Morgan fingerprint density at radius 1 is 1.33 bits per heavy atom. The van der Waals surface area contributed by atoms with Crippen molar-refractivity contribution in [1.29, 1.82) is 0 Å². The Labute approximate surface area is 126 Å². The summed E-state index contributed by atoms with van der Waals surface area (Å²) in [7, 11) is 0. The number of rotatable bonds is 3. The summed E-state index contributed by atoms with van der Waals surface area (Å²) >= 11 is 0. The minimum absolute atomic E-state index is 0.0800. The van der Waals surface area contributed by atoms with Gasteiger partial charge >= 0.3 is 12.1 Å². The second-order valence-electron chi connectivity index (χ2n) is 7.32. The molecule has 6 heteroatoms. The molecule has 0 saturated carbocycles. The van der Waals surface area contributed by atoms with Crippen molar-refractivity contribution in [1.82, 2.24) is 9.80 Å². The number of carbonyl (C=O) groups excluding carboxylic acids is 1. The normalized spacial score (nSPS) is 25.5. The number of likely N-dealkylation sites (tertiary alicyclic amines) is 2. The quantitative estimate of drug-likeness (QED) is 0.862. The van der Waals surface area contributed by atoms with E-state index in [0.29, 0.717) is 19.1 Å². The maximum atomic E-state index is 12.0. The molecule has 1 amide bonds. The van der Waals surface area contributed by atoms with Crippen molar-refractivity contribution in [3.05, 3.63) is 0 Å². The first-order valence-corrected chi connectivity index (χ1v) is 7.59. The van der Waals surface area contributed by atoms with Crippen LogP contribution in [0.25, 0.3) is 0 Å². The maximum absolute atomic E-state index is 12.0. The van der Waals surface area contributed by atoms with E-state index in [9.17, 15) is 14.7 Å². The van der Waals surface area contributed by atoms with Crippen molar-refractivity contribution < 1.29 is 19.4 Å². The summed E-state index contributed by atoms with van der Waals surface area (Å²) in [4.78, 5) is 27.1. The van der Waals surface area contributed by atoms with Crippen LogP contribution in [-0.2, 0) is 9.53 Å². The average molecular weight is 298 g/mol. The van der Waals surface area contributed by atoms with Crippen molar-refractivity contribution >= 4 is 12.1 Å². The third kappa shape index (κ3) is 3.48. The fourth-order valence-electron chi connectivity index (χ4n) is 3.43. The van der Waals surface area contributed by atoms with Crippen LogP contribution in [0.5, 0.6) is 0 Å². The van der Waals surface area contributed by atoms with Gasteiger partial charge in [0.15, 0.2) is 0 Å². The standard InChI is InChI=1S/C15H26N2O4/c1-11-6-5-7-17(11)15(8-12(18)19)9-16(10-15)13(20)21-14(2,3)4/h11H,5-10H2,1-4H3,(H,18,19). The predicted octanol–water partition coefficient (Wildman–Crippen LogP) is 1.93. The van der Waals surface area contributed by atoms with Gasteiger partial charge in [0.05, 0.1) is 12.0 Å². The Kier molecular flexibility index (Phi) is 4.19. The topological polar surface area (TPSA) is 70.1 Å². The van der Waals surface area contributed by atoms with Crippen LogP contribution in [-0.4, -0.2) is 63.8 Å². The number of carboxylic acid groups (broad SMARTS) is 1. The number of hydrogen-bond donors (Lipinski definition) is 1. The van der Waals surface area contributed by atoms with Crippen LogP contribution in [0.4, 0.5) is 4.79 Å². The lowest BCUT2D eigenvalue weighted by atomic mass is 9.84. The van der Waals surface area contributed by atoms with Gasteiger partial charge in [-0.1, -0.05) is 0 Å². The summed E-state index contributed by atoms with van der Waals surface area (Å²) in [5.74, 6) is -0.807. The fourth-order valence-corrected chi connectivity index (χ4v) is 3.43. The molecule has 120 valence electrons. The average Bonchev–Trinajstić information content (AvgIpc) is 2.66. The number of carboxylic acids is 1. The molecule has 2 fully saturated rings. The Balaban J connectivity index is 2.03. The minimum atomic E-state index is -0.807. The minimum Gasteiger partial charge on any atom is -0.481 e. The number of nitrogens with zero attached hydrogens (tertiary/aromatic N) is 2. The molecule has 0 aromatic rings. The molecule has 0 aromatic carbocycles. The molecule has 0 radical (unpaired) electrons. The first kappa shape index (κ1) is 16.1. The number of aliphatic carboxylic acids is 1. The SMILES string of the molecule is CC1CCCN1C1(CC(=O)O)CN(C(=O)OC(C)(C)C)C1. The highest BCUT2D eigenvalue weighted by Gasteiger charge is 2.53. The zero-order valence-electron chi connectivity index (χ0n) is 13.4. The molecule has 0 bridgehead atoms. The molecular formula is C15H26N2O4. The zero-order valence-corrected chi connectivity index (χ0v) is 13.4. The van der Waals surface area contributed by atoms with Crippen LogP contribution in [0, 0.1) is 0 Å². The number of hydrogen-bond acceptors (Lipinski definition) is 4. The van der Waals surface area contributed by atoms with Gasteiger partial charge in [0.2, 0.25) is 0 Å². The van der Waals surface area contributed by atoms with E-state index in [0.717, 1.165) is 19.4 Å². The van der Waals surface area contributed by atoms with Gasteiger partial charge in [0.1, 0.15) is 5.60 Å². The number of ether oxygens (including phenoxy) is 1. The lowest BCUT2D eigenvalue weighted by molar-refractivity contribution is -0.146. The second-order valence-corrected chi connectivity index (χ2v) is 7.32. The van der Waals surface area contributed by atoms with Crippen LogP contribution in [0.2, 0.25) is 0 Å². The molecule has 2 saturated heterocycles. The Bertz CT molecular complexity index is 424. The molecular weight excluding hydrogens is 272 g/mol. The van der Waals surface area contributed by atoms with Crippen LogP contribution in [0.3, 0.4) is 0 Å². The Morgan fingerprint density at radius 2 is 1.95 bits per heavy atom. The van der Waals surface area contributed by atoms with Gasteiger partial charge in [0.25, 0.3) is 0 Å². The van der Waals surface area contributed by atoms with Crippen LogP contribution in [0.15, 0.2) is 0 Å². The smallest absolute Gasteiger partial charge is 0.410 e. The highest BCUT2D eigenvalue weighted by molar-refractivity contribution is 5.73. The number of carbonyl (C=O) groups is 2. The van der Waals surface area contributed by atoms with Gasteiger partial charge in [-0.2, -0.15) is 0 Å². The molecule has 0 aliphatic carbocycles. The zero-order chi connectivity index (χ0) is 15.8. The van der Waals surface area contributed by atoms with E-state index in [-0.39, 0.29) is 12.5 Å². The highest BCUT2D eigenvalue weighted by atomic mass is 16.6. The summed E-state index contributed by atoms with van der Waals surface area (Å²) in [6, 6.07) is 0.380. The van der Waals surface area contributed by atoms with Crippen molar-refractivity contribution in [2.45, 2.75) is 64.1 Å². The van der Waals surface area contributed by atoms with Crippen LogP contribution in [0.1, 0.15) is 47.0 Å². The van der Waals surface area contributed by atoms with Gasteiger partial charge < -0.3 is 14.7 Å². The Hall–Kier alpha value is -1.30. The summed E-state index contributed by atoms with van der Waals surface area (Å²) in [5.41, 5.74) is -0.943. The molecule has 2 rings (SSSR count). The molecule has 0 spiro atoms. The second kappa shape index (κ2) is 5.48. The van der Waals surface area contributed by atoms with Crippen molar-refractivity contribution in [3.8, 4) is 0 Å². The van der Waals surface area contributed by atoms with Gasteiger partial charge in [0, 0.05) is 19.1 Å². The molecule has 2 aliphatic heterocycles.